The number of alkyl halides is 3. The van der Waals surface area contributed by atoms with Gasteiger partial charge in [0.25, 0.3) is 5.91 Å². The van der Waals surface area contributed by atoms with Gasteiger partial charge in [0.1, 0.15) is 12.3 Å². The van der Waals surface area contributed by atoms with Crippen molar-refractivity contribution in [3.05, 3.63) is 54.1 Å². The minimum Gasteiger partial charge on any atom is -0.482 e. The van der Waals surface area contributed by atoms with E-state index in [1.54, 1.807) is 24.3 Å². The highest BCUT2D eigenvalue weighted by molar-refractivity contribution is 6.04. The molecular weight excluding hydrogens is 337 g/mol. The lowest BCUT2D eigenvalue weighted by atomic mass is 10.2. The third-order valence-corrected chi connectivity index (χ3v) is 3.61. The third-order valence-electron chi connectivity index (χ3n) is 3.61. The fourth-order valence-corrected chi connectivity index (χ4v) is 2.41. The Morgan fingerprint density at radius 2 is 1.80 bits per heavy atom. The van der Waals surface area contributed by atoms with Crippen molar-refractivity contribution < 1.29 is 27.5 Å². The van der Waals surface area contributed by atoms with Crippen LogP contribution in [0.3, 0.4) is 0 Å². The molecule has 0 aromatic heterocycles. The van der Waals surface area contributed by atoms with Crippen LogP contribution in [0.2, 0.25) is 0 Å². The highest BCUT2D eigenvalue weighted by atomic mass is 19.4. The van der Waals surface area contributed by atoms with Crippen LogP contribution >= 0.6 is 0 Å². The quantitative estimate of drug-likeness (QED) is 0.926. The molecule has 1 N–H and O–H groups in total. The number of carbonyl (C=O) groups is 2. The first-order valence-electron chi connectivity index (χ1n) is 7.34. The zero-order valence-electron chi connectivity index (χ0n) is 12.8. The Hall–Kier alpha value is -3.03. The summed E-state index contributed by atoms with van der Waals surface area (Å²) < 4.78 is 42.9. The van der Waals surface area contributed by atoms with E-state index in [-0.39, 0.29) is 24.7 Å². The number of carbonyl (C=O) groups excluding carboxylic acids is 2. The molecule has 0 bridgehead atoms. The number of hydrogen-bond acceptors (Lipinski definition) is 3. The lowest BCUT2D eigenvalue weighted by Gasteiger charge is -2.28. The van der Waals surface area contributed by atoms with E-state index in [1.165, 1.54) is 4.90 Å². The average molecular weight is 350 g/mol. The van der Waals surface area contributed by atoms with Gasteiger partial charge in [-0.2, -0.15) is 13.2 Å². The number of nitrogens with zero attached hydrogens (tertiary/aromatic N) is 1. The predicted octanol–water partition coefficient (Wildman–Crippen LogP) is 3.07. The van der Waals surface area contributed by atoms with Crippen LogP contribution in [0.25, 0.3) is 0 Å². The SMILES string of the molecule is O=C(CN1C(=O)COc2ccccc21)Nc1ccc(C(F)(F)F)cc1. The molecule has 1 aliphatic rings. The Kier molecular flexibility index (Phi) is 4.35. The maximum atomic E-state index is 12.5. The van der Waals surface area contributed by atoms with Gasteiger partial charge in [-0.05, 0) is 36.4 Å². The number of para-hydroxylation sites is 2. The highest BCUT2D eigenvalue weighted by Crippen LogP contribution is 2.32. The van der Waals surface area contributed by atoms with E-state index in [0.29, 0.717) is 11.4 Å². The summed E-state index contributed by atoms with van der Waals surface area (Å²) in [6.45, 7) is -0.440. The summed E-state index contributed by atoms with van der Waals surface area (Å²) in [5, 5.41) is 2.48. The molecule has 25 heavy (non-hydrogen) atoms. The van der Waals surface area contributed by atoms with Gasteiger partial charge >= 0.3 is 6.18 Å². The van der Waals surface area contributed by atoms with Crippen LogP contribution in [0.4, 0.5) is 24.5 Å². The minimum absolute atomic E-state index is 0.176. The normalized spacial score (nSPS) is 13.9. The first-order chi connectivity index (χ1) is 11.8. The van der Waals surface area contributed by atoms with Crippen molar-refractivity contribution in [3.8, 4) is 5.75 Å². The van der Waals surface area contributed by atoms with Crippen LogP contribution in [0, 0.1) is 0 Å². The summed E-state index contributed by atoms with van der Waals surface area (Å²) in [6.07, 6.45) is -4.44. The fraction of sp³-hybridized carbons (Fsp3) is 0.176. The molecule has 1 heterocycles. The predicted molar refractivity (Wildman–Crippen MR) is 84.4 cm³/mol. The zero-order chi connectivity index (χ0) is 18.0. The Labute approximate surface area is 141 Å². The Morgan fingerprint density at radius 3 is 2.48 bits per heavy atom. The molecule has 2 amide bonds. The van der Waals surface area contributed by atoms with Crippen molar-refractivity contribution in [2.75, 3.05) is 23.4 Å². The Balaban J connectivity index is 1.70. The van der Waals surface area contributed by atoms with Crippen LogP contribution in [0.1, 0.15) is 5.56 Å². The van der Waals surface area contributed by atoms with Gasteiger partial charge in [0, 0.05) is 5.69 Å². The van der Waals surface area contributed by atoms with Crippen molar-refractivity contribution in [2.45, 2.75) is 6.18 Å². The summed E-state index contributed by atoms with van der Waals surface area (Å²) in [5.41, 5.74) is -0.115. The van der Waals surface area contributed by atoms with Crippen molar-refractivity contribution in [2.24, 2.45) is 0 Å². The number of ether oxygens (including phenoxy) is 1. The number of fused-ring (bicyclic) bond motifs is 1. The van der Waals surface area contributed by atoms with Crippen LogP contribution in [-0.2, 0) is 15.8 Å². The first-order valence-corrected chi connectivity index (χ1v) is 7.34. The third kappa shape index (κ3) is 3.73. The summed E-state index contributed by atoms with van der Waals surface area (Å²) >= 11 is 0. The number of halogens is 3. The number of hydrogen-bond donors (Lipinski definition) is 1. The molecule has 0 saturated heterocycles. The van der Waals surface area contributed by atoms with E-state index in [1.807, 2.05) is 0 Å². The van der Waals surface area contributed by atoms with Crippen LogP contribution in [0.15, 0.2) is 48.5 Å². The Bertz CT molecular complexity index is 804. The molecule has 0 spiro atoms. The van der Waals surface area contributed by atoms with Gasteiger partial charge in [-0.3, -0.25) is 14.5 Å². The molecular formula is C17H13F3N2O3. The average Bonchev–Trinajstić information content (AvgIpc) is 2.57. The molecule has 0 unspecified atom stereocenters. The van der Waals surface area contributed by atoms with Crippen molar-refractivity contribution >= 4 is 23.2 Å². The van der Waals surface area contributed by atoms with E-state index >= 15 is 0 Å². The smallest absolute Gasteiger partial charge is 0.416 e. The standard InChI is InChI=1S/C17H13F3N2O3/c18-17(19,20)11-5-7-12(8-6-11)21-15(23)9-22-13-3-1-2-4-14(13)25-10-16(22)24/h1-8H,9-10H2,(H,21,23). The minimum atomic E-state index is -4.44. The summed E-state index contributed by atoms with van der Waals surface area (Å²) in [6, 6.07) is 10.9. The van der Waals surface area contributed by atoms with Crippen molar-refractivity contribution in [1.29, 1.82) is 0 Å². The zero-order valence-corrected chi connectivity index (χ0v) is 12.8. The molecule has 0 fully saturated rings. The molecule has 3 rings (SSSR count). The van der Waals surface area contributed by atoms with Crippen LogP contribution in [0.5, 0.6) is 5.75 Å². The molecule has 0 saturated carbocycles. The number of benzene rings is 2. The van der Waals surface area contributed by atoms with Crippen molar-refractivity contribution in [3.63, 3.8) is 0 Å². The van der Waals surface area contributed by atoms with Gasteiger partial charge in [0.15, 0.2) is 6.61 Å². The van der Waals surface area contributed by atoms with Crippen LogP contribution in [-0.4, -0.2) is 25.0 Å². The molecule has 0 atom stereocenters. The second kappa shape index (κ2) is 6.46. The van der Waals surface area contributed by atoms with Gasteiger partial charge in [-0.15, -0.1) is 0 Å². The summed E-state index contributed by atoms with van der Waals surface area (Å²) in [7, 11) is 0. The number of amides is 2. The monoisotopic (exact) mass is 350 g/mol. The number of nitrogens with one attached hydrogen (secondary N) is 1. The van der Waals surface area contributed by atoms with E-state index in [9.17, 15) is 22.8 Å². The lowest BCUT2D eigenvalue weighted by Crippen LogP contribution is -2.43. The lowest BCUT2D eigenvalue weighted by molar-refractivity contribution is -0.137. The van der Waals surface area contributed by atoms with Gasteiger partial charge < -0.3 is 10.1 Å². The van der Waals surface area contributed by atoms with Crippen LogP contribution < -0.4 is 15.0 Å². The molecule has 8 heteroatoms. The molecule has 0 radical (unpaired) electrons. The highest BCUT2D eigenvalue weighted by Gasteiger charge is 2.30. The first kappa shape index (κ1) is 16.8. The van der Waals surface area contributed by atoms with Gasteiger partial charge in [-0.1, -0.05) is 12.1 Å². The largest absolute Gasteiger partial charge is 0.482 e. The Morgan fingerprint density at radius 1 is 1.12 bits per heavy atom. The fourth-order valence-electron chi connectivity index (χ4n) is 2.41. The maximum absolute atomic E-state index is 12.5. The summed E-state index contributed by atoms with van der Waals surface area (Å²) in [5.74, 6) is -0.407. The van der Waals surface area contributed by atoms with Gasteiger partial charge in [0.2, 0.25) is 5.91 Å². The van der Waals surface area contributed by atoms with Crippen molar-refractivity contribution in [1.82, 2.24) is 0 Å². The molecule has 5 nitrogen and oxygen atoms in total. The van der Waals surface area contributed by atoms with E-state index in [2.05, 4.69) is 5.32 Å². The molecule has 2 aromatic rings. The second-order valence-electron chi connectivity index (χ2n) is 5.36. The van der Waals surface area contributed by atoms with E-state index in [4.69, 9.17) is 4.74 Å². The van der Waals surface area contributed by atoms with E-state index < -0.39 is 17.6 Å². The van der Waals surface area contributed by atoms with E-state index in [0.717, 1.165) is 24.3 Å². The molecule has 130 valence electrons. The summed E-state index contributed by atoms with van der Waals surface area (Å²) in [4.78, 5) is 25.4. The van der Waals surface area contributed by atoms with Gasteiger partial charge in [0.05, 0.1) is 11.3 Å². The molecule has 0 aliphatic carbocycles. The topological polar surface area (TPSA) is 58.6 Å². The number of anilines is 2. The van der Waals surface area contributed by atoms with Gasteiger partial charge in [-0.25, -0.2) is 0 Å². The number of rotatable bonds is 3. The molecule has 1 aliphatic heterocycles. The molecule has 2 aromatic carbocycles. The maximum Gasteiger partial charge on any atom is 0.416 e. The second-order valence-corrected chi connectivity index (χ2v) is 5.36.